The molecule has 0 bridgehead atoms. The molecule has 0 unspecified atom stereocenters. The molecular formula is C27H27N5O3. The summed E-state index contributed by atoms with van der Waals surface area (Å²) >= 11 is 0. The lowest BCUT2D eigenvalue weighted by Gasteiger charge is -2.34. The van der Waals surface area contributed by atoms with Crippen molar-refractivity contribution in [2.24, 2.45) is 0 Å². The highest BCUT2D eigenvalue weighted by molar-refractivity contribution is 6.06. The van der Waals surface area contributed by atoms with Gasteiger partial charge in [-0.1, -0.05) is 30.3 Å². The molecule has 1 saturated heterocycles. The zero-order valence-corrected chi connectivity index (χ0v) is 19.8. The number of furan rings is 1. The normalized spacial score (nSPS) is 13.8. The SMILES string of the molecule is Cc1c(C(=O)Nc2ccc(CC(=O)N3CCN(c4ncccn4)CC3)cc2)oc2c(C)cccc12. The highest BCUT2D eigenvalue weighted by Gasteiger charge is 2.23. The van der Waals surface area contributed by atoms with Crippen molar-refractivity contribution >= 4 is 34.4 Å². The van der Waals surface area contributed by atoms with Crippen LogP contribution in [0.4, 0.5) is 11.6 Å². The fourth-order valence-electron chi connectivity index (χ4n) is 4.39. The molecule has 3 heterocycles. The first-order valence-corrected chi connectivity index (χ1v) is 11.7. The largest absolute Gasteiger partial charge is 0.450 e. The number of amides is 2. The van der Waals surface area contributed by atoms with Crippen LogP contribution in [0.3, 0.4) is 0 Å². The Kier molecular flexibility index (Phi) is 6.18. The third kappa shape index (κ3) is 4.73. The number of hydrogen-bond acceptors (Lipinski definition) is 6. The van der Waals surface area contributed by atoms with Gasteiger partial charge in [0.25, 0.3) is 5.91 Å². The van der Waals surface area contributed by atoms with Gasteiger partial charge in [-0.2, -0.15) is 0 Å². The lowest BCUT2D eigenvalue weighted by Crippen LogP contribution is -2.49. The third-order valence-corrected chi connectivity index (χ3v) is 6.40. The van der Waals surface area contributed by atoms with E-state index in [9.17, 15) is 9.59 Å². The maximum Gasteiger partial charge on any atom is 0.291 e. The second-order valence-electron chi connectivity index (χ2n) is 8.75. The first-order chi connectivity index (χ1) is 17.0. The van der Waals surface area contributed by atoms with Crippen molar-refractivity contribution in [1.29, 1.82) is 0 Å². The van der Waals surface area contributed by atoms with E-state index in [1.54, 1.807) is 18.5 Å². The highest BCUT2D eigenvalue weighted by Crippen LogP contribution is 2.28. The Labute approximate surface area is 203 Å². The molecular weight excluding hydrogens is 442 g/mol. The smallest absolute Gasteiger partial charge is 0.291 e. The molecule has 8 heteroatoms. The van der Waals surface area contributed by atoms with E-state index in [2.05, 4.69) is 20.2 Å². The maximum absolute atomic E-state index is 12.8. The van der Waals surface area contributed by atoms with E-state index < -0.39 is 0 Å². The number of fused-ring (bicyclic) bond motifs is 1. The van der Waals surface area contributed by atoms with Crippen molar-refractivity contribution in [3.63, 3.8) is 0 Å². The fourth-order valence-corrected chi connectivity index (χ4v) is 4.39. The molecule has 0 saturated carbocycles. The Morgan fingerprint density at radius 2 is 1.66 bits per heavy atom. The van der Waals surface area contributed by atoms with Gasteiger partial charge in [-0.05, 0) is 43.2 Å². The van der Waals surface area contributed by atoms with Crippen LogP contribution in [0.15, 0.2) is 65.3 Å². The number of piperazine rings is 1. The molecule has 0 spiro atoms. The predicted molar refractivity (Wildman–Crippen MR) is 135 cm³/mol. The average Bonchev–Trinajstić information content (AvgIpc) is 3.23. The van der Waals surface area contributed by atoms with Gasteiger partial charge in [0.15, 0.2) is 5.76 Å². The van der Waals surface area contributed by atoms with Gasteiger partial charge in [0.2, 0.25) is 11.9 Å². The number of aryl methyl sites for hydroxylation is 2. The van der Waals surface area contributed by atoms with Crippen LogP contribution in [-0.4, -0.2) is 52.9 Å². The second-order valence-corrected chi connectivity index (χ2v) is 8.75. The maximum atomic E-state index is 12.8. The van der Waals surface area contributed by atoms with E-state index >= 15 is 0 Å². The summed E-state index contributed by atoms with van der Waals surface area (Å²) in [6.45, 7) is 6.55. The first kappa shape index (κ1) is 22.6. The van der Waals surface area contributed by atoms with Gasteiger partial charge >= 0.3 is 0 Å². The molecule has 0 aliphatic carbocycles. The Morgan fingerprint density at radius 3 is 2.34 bits per heavy atom. The Balaban J connectivity index is 1.17. The van der Waals surface area contributed by atoms with E-state index in [1.165, 1.54) is 0 Å². The average molecular weight is 470 g/mol. The van der Waals surface area contributed by atoms with E-state index in [1.807, 2.05) is 61.2 Å². The number of aromatic nitrogens is 2. The van der Waals surface area contributed by atoms with Crippen molar-refractivity contribution in [3.8, 4) is 0 Å². The first-order valence-electron chi connectivity index (χ1n) is 11.7. The number of carbonyl (C=O) groups is 2. The monoisotopic (exact) mass is 469 g/mol. The molecule has 8 nitrogen and oxygen atoms in total. The summed E-state index contributed by atoms with van der Waals surface area (Å²) in [4.78, 5) is 38.2. The summed E-state index contributed by atoms with van der Waals surface area (Å²) < 4.78 is 5.87. The van der Waals surface area contributed by atoms with Crippen molar-refractivity contribution < 1.29 is 14.0 Å². The van der Waals surface area contributed by atoms with Crippen molar-refractivity contribution in [1.82, 2.24) is 14.9 Å². The lowest BCUT2D eigenvalue weighted by molar-refractivity contribution is -0.130. The van der Waals surface area contributed by atoms with Gasteiger partial charge in [-0.25, -0.2) is 9.97 Å². The zero-order valence-electron chi connectivity index (χ0n) is 19.8. The van der Waals surface area contributed by atoms with Gasteiger partial charge in [-0.3, -0.25) is 9.59 Å². The molecule has 178 valence electrons. The van der Waals surface area contributed by atoms with Crippen molar-refractivity contribution in [2.45, 2.75) is 20.3 Å². The molecule has 2 amide bonds. The minimum Gasteiger partial charge on any atom is -0.450 e. The van der Waals surface area contributed by atoms with Crippen LogP contribution >= 0.6 is 0 Å². The third-order valence-electron chi connectivity index (χ3n) is 6.40. The summed E-state index contributed by atoms with van der Waals surface area (Å²) in [5, 5.41) is 3.84. The molecule has 1 N–H and O–H groups in total. The summed E-state index contributed by atoms with van der Waals surface area (Å²) in [5.74, 6) is 0.810. The molecule has 2 aromatic carbocycles. The van der Waals surface area contributed by atoms with Crippen LogP contribution in [0.1, 0.15) is 27.2 Å². The molecule has 2 aromatic heterocycles. The van der Waals surface area contributed by atoms with Crippen LogP contribution < -0.4 is 10.2 Å². The fraction of sp³-hybridized carbons (Fsp3) is 0.259. The van der Waals surface area contributed by atoms with Gasteiger partial charge in [0.05, 0.1) is 6.42 Å². The van der Waals surface area contributed by atoms with Crippen LogP contribution in [0.25, 0.3) is 11.0 Å². The van der Waals surface area contributed by atoms with E-state index in [4.69, 9.17) is 4.42 Å². The van der Waals surface area contributed by atoms with Gasteiger partial charge < -0.3 is 19.5 Å². The van der Waals surface area contributed by atoms with Crippen LogP contribution in [0.5, 0.6) is 0 Å². The highest BCUT2D eigenvalue weighted by atomic mass is 16.3. The van der Waals surface area contributed by atoms with Gasteiger partial charge in [-0.15, -0.1) is 0 Å². The van der Waals surface area contributed by atoms with Crippen LogP contribution in [0, 0.1) is 13.8 Å². The molecule has 0 atom stereocenters. The number of benzene rings is 2. The summed E-state index contributed by atoms with van der Waals surface area (Å²) in [7, 11) is 0. The molecule has 1 aliphatic heterocycles. The van der Waals surface area contributed by atoms with E-state index in [-0.39, 0.29) is 11.8 Å². The number of nitrogens with one attached hydrogen (secondary N) is 1. The summed E-state index contributed by atoms with van der Waals surface area (Å²) in [6, 6.07) is 15.0. The number of para-hydroxylation sites is 1. The molecule has 0 radical (unpaired) electrons. The van der Waals surface area contributed by atoms with E-state index in [0.29, 0.717) is 50.0 Å². The minimum atomic E-state index is -0.290. The Bertz CT molecular complexity index is 1360. The number of anilines is 2. The minimum absolute atomic E-state index is 0.0867. The summed E-state index contributed by atoms with van der Waals surface area (Å²) in [6.07, 6.45) is 3.77. The van der Waals surface area contributed by atoms with Gasteiger partial charge in [0.1, 0.15) is 5.58 Å². The Hall–Kier alpha value is -4.20. The number of nitrogens with zero attached hydrogens (tertiary/aromatic N) is 4. The lowest BCUT2D eigenvalue weighted by atomic mass is 10.1. The van der Waals surface area contributed by atoms with Crippen LogP contribution in [-0.2, 0) is 11.2 Å². The van der Waals surface area contributed by atoms with Gasteiger partial charge in [0, 0.05) is 55.2 Å². The quantitative estimate of drug-likeness (QED) is 0.475. The number of carbonyl (C=O) groups excluding carboxylic acids is 2. The second kappa shape index (κ2) is 9.58. The topological polar surface area (TPSA) is 91.6 Å². The molecule has 1 aliphatic rings. The Morgan fingerprint density at radius 1 is 0.943 bits per heavy atom. The summed E-state index contributed by atoms with van der Waals surface area (Å²) in [5.41, 5.74) is 4.11. The molecule has 35 heavy (non-hydrogen) atoms. The molecule has 4 aromatic rings. The van der Waals surface area contributed by atoms with Crippen molar-refractivity contribution in [3.05, 3.63) is 83.4 Å². The molecule has 1 fully saturated rings. The standard InChI is InChI=1S/C27H27N5O3/c1-18-5-3-6-22-19(2)25(35-24(18)22)26(34)30-21-9-7-20(8-10-21)17-23(33)31-13-15-32(16-14-31)27-28-11-4-12-29-27/h3-12H,13-17H2,1-2H3,(H,30,34). The number of rotatable bonds is 5. The zero-order chi connectivity index (χ0) is 24.4. The van der Waals surface area contributed by atoms with Crippen LogP contribution in [0.2, 0.25) is 0 Å². The number of hydrogen-bond donors (Lipinski definition) is 1. The molecule has 5 rings (SSSR count). The van der Waals surface area contributed by atoms with Crippen molar-refractivity contribution in [2.75, 3.05) is 36.4 Å². The predicted octanol–water partition coefficient (Wildman–Crippen LogP) is 3.98. The van der Waals surface area contributed by atoms with E-state index in [0.717, 1.165) is 27.7 Å².